The minimum atomic E-state index is -0.557. The topological polar surface area (TPSA) is 43.4 Å². The van der Waals surface area contributed by atoms with Gasteiger partial charge in [0.1, 0.15) is 5.57 Å². The Labute approximate surface area is 133 Å². The first-order valence-corrected chi connectivity index (χ1v) is 8.07. The van der Waals surface area contributed by atoms with Crippen LogP contribution in [0.3, 0.4) is 0 Å². The van der Waals surface area contributed by atoms with Crippen LogP contribution in [-0.4, -0.2) is 18.4 Å². The van der Waals surface area contributed by atoms with Gasteiger partial charge in [-0.3, -0.25) is 4.79 Å². The van der Waals surface area contributed by atoms with Crippen molar-refractivity contribution in [1.29, 1.82) is 0 Å². The summed E-state index contributed by atoms with van der Waals surface area (Å²) in [4.78, 5) is 23.3. The molecule has 3 nitrogen and oxygen atoms in total. The zero-order chi connectivity index (χ0) is 16.4. The summed E-state index contributed by atoms with van der Waals surface area (Å²) in [6.45, 7) is 5.57. The van der Waals surface area contributed by atoms with Crippen LogP contribution in [-0.2, 0) is 20.7 Å². The molecule has 22 heavy (non-hydrogen) atoms. The van der Waals surface area contributed by atoms with E-state index in [0.29, 0.717) is 0 Å². The molecule has 1 rings (SSSR count). The number of carbonyl (C=O) groups is 2. The number of Topliss-reactive ketones (excluding diaryl/α,β-unsaturated/α-hetero) is 1. The molecule has 0 radical (unpaired) electrons. The molecule has 0 aliphatic carbocycles. The predicted octanol–water partition coefficient (Wildman–Crippen LogP) is 4.34. The Morgan fingerprint density at radius 1 is 1.05 bits per heavy atom. The van der Waals surface area contributed by atoms with Crippen molar-refractivity contribution in [1.82, 2.24) is 0 Å². The Bertz CT molecular complexity index is 512. The Balaban J connectivity index is 2.73. The van der Waals surface area contributed by atoms with Crippen molar-refractivity contribution in [2.45, 2.75) is 52.9 Å². The normalized spacial score (nSPS) is 11.3. The smallest absolute Gasteiger partial charge is 0.341 e. The number of esters is 1. The highest BCUT2D eigenvalue weighted by Gasteiger charge is 2.15. The number of hydrogen-bond acceptors (Lipinski definition) is 3. The van der Waals surface area contributed by atoms with Gasteiger partial charge in [-0.15, -0.1) is 0 Å². The van der Waals surface area contributed by atoms with Crippen molar-refractivity contribution in [3.8, 4) is 0 Å². The number of carbonyl (C=O) groups excluding carboxylic acids is 2. The van der Waals surface area contributed by atoms with Gasteiger partial charge in [0.25, 0.3) is 0 Å². The summed E-state index contributed by atoms with van der Waals surface area (Å²) in [5.41, 5.74) is 2.22. The lowest BCUT2D eigenvalue weighted by Crippen LogP contribution is -2.13. The number of aryl methyl sites for hydroxylation is 1. The van der Waals surface area contributed by atoms with Crippen molar-refractivity contribution >= 4 is 17.8 Å². The molecule has 120 valence electrons. The van der Waals surface area contributed by atoms with E-state index in [9.17, 15) is 9.59 Å². The number of rotatable bonds is 9. The molecule has 0 heterocycles. The molecule has 0 aliphatic rings. The number of benzene rings is 1. The van der Waals surface area contributed by atoms with Gasteiger partial charge in [-0.05, 0) is 43.9 Å². The molecule has 0 bridgehead atoms. The van der Waals surface area contributed by atoms with E-state index in [1.807, 2.05) is 12.1 Å². The van der Waals surface area contributed by atoms with E-state index in [1.54, 1.807) is 13.0 Å². The van der Waals surface area contributed by atoms with Crippen molar-refractivity contribution in [3.63, 3.8) is 0 Å². The maximum absolute atomic E-state index is 11.7. The van der Waals surface area contributed by atoms with Gasteiger partial charge >= 0.3 is 5.97 Å². The molecule has 0 unspecified atom stereocenters. The fourth-order valence-corrected chi connectivity index (χ4v) is 2.22. The van der Waals surface area contributed by atoms with E-state index >= 15 is 0 Å². The quantitative estimate of drug-likeness (QED) is 0.224. The van der Waals surface area contributed by atoms with Gasteiger partial charge in [0.2, 0.25) is 0 Å². The second-order valence-corrected chi connectivity index (χ2v) is 5.39. The molecule has 0 spiro atoms. The van der Waals surface area contributed by atoms with Crippen LogP contribution in [0.1, 0.15) is 57.6 Å². The van der Waals surface area contributed by atoms with Crippen LogP contribution >= 0.6 is 0 Å². The monoisotopic (exact) mass is 302 g/mol. The van der Waals surface area contributed by atoms with Gasteiger partial charge in [0, 0.05) is 0 Å². The summed E-state index contributed by atoms with van der Waals surface area (Å²) < 4.78 is 4.91. The van der Waals surface area contributed by atoms with Crippen LogP contribution in [0.15, 0.2) is 29.8 Å². The molecule has 0 saturated carbocycles. The van der Waals surface area contributed by atoms with E-state index in [2.05, 4.69) is 19.1 Å². The number of hydrogen-bond donors (Lipinski definition) is 0. The van der Waals surface area contributed by atoms with E-state index in [1.165, 1.54) is 38.2 Å². The molecule has 0 atom stereocenters. The number of ether oxygens (including phenoxy) is 1. The lowest BCUT2D eigenvalue weighted by atomic mass is 10.0. The Kier molecular flexibility index (Phi) is 8.19. The van der Waals surface area contributed by atoms with Crippen molar-refractivity contribution in [3.05, 3.63) is 41.0 Å². The average molecular weight is 302 g/mol. The molecule has 0 fully saturated rings. The van der Waals surface area contributed by atoms with Gasteiger partial charge in [-0.25, -0.2) is 4.79 Å². The zero-order valence-electron chi connectivity index (χ0n) is 13.9. The van der Waals surface area contributed by atoms with Crippen molar-refractivity contribution < 1.29 is 14.3 Å². The van der Waals surface area contributed by atoms with E-state index < -0.39 is 5.97 Å². The molecule has 1 aromatic rings. The highest BCUT2D eigenvalue weighted by molar-refractivity contribution is 6.19. The summed E-state index contributed by atoms with van der Waals surface area (Å²) >= 11 is 0. The van der Waals surface area contributed by atoms with Crippen LogP contribution in [0.5, 0.6) is 0 Å². The van der Waals surface area contributed by atoms with Crippen LogP contribution in [0.2, 0.25) is 0 Å². The third kappa shape index (κ3) is 6.25. The van der Waals surface area contributed by atoms with Crippen LogP contribution < -0.4 is 0 Å². The highest BCUT2D eigenvalue weighted by atomic mass is 16.5. The number of unbranched alkanes of at least 4 members (excludes halogenated alkanes) is 3. The van der Waals surface area contributed by atoms with Gasteiger partial charge in [0.05, 0.1) is 6.61 Å². The van der Waals surface area contributed by atoms with Gasteiger partial charge in [0.15, 0.2) is 5.78 Å². The zero-order valence-corrected chi connectivity index (χ0v) is 13.9. The molecular weight excluding hydrogens is 276 g/mol. The van der Waals surface area contributed by atoms with E-state index in [0.717, 1.165) is 12.0 Å². The maximum atomic E-state index is 11.7. The minimum absolute atomic E-state index is 0.0949. The second-order valence-electron chi connectivity index (χ2n) is 5.39. The third-order valence-corrected chi connectivity index (χ3v) is 3.48. The molecule has 0 aromatic heterocycles. The van der Waals surface area contributed by atoms with Crippen LogP contribution in [0.25, 0.3) is 6.08 Å². The lowest BCUT2D eigenvalue weighted by Gasteiger charge is -2.05. The number of ketones is 1. The highest BCUT2D eigenvalue weighted by Crippen LogP contribution is 2.13. The Morgan fingerprint density at radius 2 is 1.73 bits per heavy atom. The van der Waals surface area contributed by atoms with Gasteiger partial charge in [-0.1, -0.05) is 50.5 Å². The largest absolute Gasteiger partial charge is 0.462 e. The Hall–Kier alpha value is -1.90. The molecule has 0 amide bonds. The van der Waals surface area contributed by atoms with Gasteiger partial charge < -0.3 is 4.74 Å². The summed E-state index contributed by atoms with van der Waals surface area (Å²) in [5, 5.41) is 0. The minimum Gasteiger partial charge on any atom is -0.462 e. The molecule has 3 heteroatoms. The van der Waals surface area contributed by atoms with E-state index in [-0.39, 0.29) is 18.0 Å². The predicted molar refractivity (Wildman–Crippen MR) is 89.6 cm³/mol. The Morgan fingerprint density at radius 3 is 2.27 bits per heavy atom. The molecule has 0 aliphatic heterocycles. The summed E-state index contributed by atoms with van der Waals surface area (Å²) in [7, 11) is 0. The molecule has 0 saturated heterocycles. The van der Waals surface area contributed by atoms with Crippen molar-refractivity contribution in [2.75, 3.05) is 6.61 Å². The first-order chi connectivity index (χ1) is 10.6. The van der Waals surface area contributed by atoms with Gasteiger partial charge in [-0.2, -0.15) is 0 Å². The second kappa shape index (κ2) is 9.93. The van der Waals surface area contributed by atoms with Crippen LogP contribution in [0, 0.1) is 0 Å². The molecular formula is C19H26O3. The first-order valence-electron chi connectivity index (χ1n) is 8.07. The van der Waals surface area contributed by atoms with Crippen molar-refractivity contribution in [2.24, 2.45) is 0 Å². The van der Waals surface area contributed by atoms with Crippen LogP contribution in [0.4, 0.5) is 0 Å². The molecule has 1 aromatic carbocycles. The lowest BCUT2D eigenvalue weighted by molar-refractivity contribution is -0.139. The standard InChI is InChI=1S/C19H26O3/c1-4-6-7-8-9-16-10-12-17(13-11-16)14-18(15(3)20)19(21)22-5-2/h10-14H,4-9H2,1-3H3. The summed E-state index contributed by atoms with van der Waals surface area (Å²) in [5.74, 6) is -0.833. The third-order valence-electron chi connectivity index (χ3n) is 3.48. The summed E-state index contributed by atoms with van der Waals surface area (Å²) in [6, 6.07) is 8.00. The molecule has 0 N–H and O–H groups in total. The fraction of sp³-hybridized carbons (Fsp3) is 0.474. The summed E-state index contributed by atoms with van der Waals surface area (Å²) in [6.07, 6.45) is 7.65. The SMILES string of the molecule is CCCCCCc1ccc(C=C(C(C)=O)C(=O)OCC)cc1. The average Bonchev–Trinajstić information content (AvgIpc) is 2.50. The maximum Gasteiger partial charge on any atom is 0.341 e. The first kappa shape index (κ1) is 18.1. The van der Waals surface area contributed by atoms with E-state index in [4.69, 9.17) is 4.74 Å². The fourth-order valence-electron chi connectivity index (χ4n) is 2.22.